The molecule has 0 saturated heterocycles. The molecular weight excluding hydrogens is 351 g/mol. The Bertz CT molecular complexity index is 980. The third-order valence-electron chi connectivity index (χ3n) is 3.77. The van der Waals surface area contributed by atoms with Crippen LogP contribution in [-0.4, -0.2) is 15.8 Å². The minimum atomic E-state index is -0.576. The van der Waals surface area contributed by atoms with Gasteiger partial charge in [0, 0.05) is 42.3 Å². The Morgan fingerprint density at radius 3 is 2.63 bits per heavy atom. The number of carbonyl (C=O) groups excluding carboxylic acids is 1. The standard InChI is InChI=1S/C19H15FN4O3/c20-15-4-5-18(24(26)27)17(11-15)22-12-13-2-1-3-16(10-13)23-19(25)14-6-8-21-9-7-14/h1-11,22H,12H2,(H,23,25). The average molecular weight is 366 g/mol. The van der Waals surface area contributed by atoms with Crippen LogP contribution < -0.4 is 10.6 Å². The van der Waals surface area contributed by atoms with Gasteiger partial charge in [-0.3, -0.25) is 19.9 Å². The molecule has 0 aliphatic rings. The molecule has 8 heteroatoms. The second-order valence-corrected chi connectivity index (χ2v) is 5.66. The number of nitro groups is 1. The van der Waals surface area contributed by atoms with Gasteiger partial charge in [-0.2, -0.15) is 0 Å². The van der Waals surface area contributed by atoms with Crippen LogP contribution in [0.3, 0.4) is 0 Å². The van der Waals surface area contributed by atoms with E-state index in [1.54, 1.807) is 36.4 Å². The van der Waals surface area contributed by atoms with Crippen LogP contribution in [0.25, 0.3) is 0 Å². The van der Waals surface area contributed by atoms with Gasteiger partial charge in [-0.15, -0.1) is 0 Å². The molecule has 2 N–H and O–H groups in total. The Morgan fingerprint density at radius 2 is 1.89 bits per heavy atom. The summed E-state index contributed by atoms with van der Waals surface area (Å²) in [7, 11) is 0. The van der Waals surface area contributed by atoms with E-state index >= 15 is 0 Å². The number of pyridine rings is 1. The molecule has 0 aliphatic carbocycles. The molecule has 0 saturated carbocycles. The van der Waals surface area contributed by atoms with Crippen molar-refractivity contribution in [3.63, 3.8) is 0 Å². The molecule has 1 amide bonds. The first-order valence-corrected chi connectivity index (χ1v) is 8.01. The number of nitro benzene ring substituents is 1. The highest BCUT2D eigenvalue weighted by atomic mass is 19.1. The van der Waals surface area contributed by atoms with Gasteiger partial charge in [-0.25, -0.2) is 4.39 Å². The zero-order valence-electron chi connectivity index (χ0n) is 14.1. The predicted molar refractivity (Wildman–Crippen MR) is 99.0 cm³/mol. The highest BCUT2D eigenvalue weighted by Crippen LogP contribution is 2.25. The van der Waals surface area contributed by atoms with E-state index in [-0.39, 0.29) is 23.8 Å². The Hall–Kier alpha value is -3.81. The molecule has 0 aliphatic heterocycles. The minimum Gasteiger partial charge on any atom is -0.375 e. The SMILES string of the molecule is O=C(Nc1cccc(CNc2cc(F)ccc2[N+](=O)[O-])c1)c1ccncc1. The lowest BCUT2D eigenvalue weighted by Crippen LogP contribution is -2.12. The number of rotatable bonds is 6. The maximum atomic E-state index is 13.4. The third kappa shape index (κ3) is 4.63. The number of nitrogens with zero attached hydrogens (tertiary/aromatic N) is 2. The van der Waals surface area contributed by atoms with E-state index in [0.29, 0.717) is 11.3 Å². The number of halogens is 1. The molecule has 1 aromatic heterocycles. The van der Waals surface area contributed by atoms with Crippen molar-refractivity contribution in [1.29, 1.82) is 0 Å². The first kappa shape index (κ1) is 18.0. The molecule has 2 aromatic carbocycles. The minimum absolute atomic E-state index is 0.0891. The summed E-state index contributed by atoms with van der Waals surface area (Å²) in [5, 5.41) is 16.7. The Kier molecular flexibility index (Phi) is 5.36. The monoisotopic (exact) mass is 366 g/mol. The molecule has 136 valence electrons. The van der Waals surface area contributed by atoms with Crippen molar-refractivity contribution < 1.29 is 14.1 Å². The van der Waals surface area contributed by atoms with E-state index in [1.807, 2.05) is 0 Å². The number of benzene rings is 2. The van der Waals surface area contributed by atoms with Crippen LogP contribution in [0.15, 0.2) is 67.0 Å². The predicted octanol–water partition coefficient (Wildman–Crippen LogP) is 3.99. The quantitative estimate of drug-likeness (QED) is 0.508. The number of nitrogens with one attached hydrogen (secondary N) is 2. The highest BCUT2D eigenvalue weighted by molar-refractivity contribution is 6.04. The van der Waals surface area contributed by atoms with Crippen molar-refractivity contribution in [3.8, 4) is 0 Å². The average Bonchev–Trinajstić information content (AvgIpc) is 2.67. The fourth-order valence-electron chi connectivity index (χ4n) is 2.47. The number of amides is 1. The zero-order chi connectivity index (χ0) is 19.2. The lowest BCUT2D eigenvalue weighted by molar-refractivity contribution is -0.384. The molecule has 0 radical (unpaired) electrons. The molecular formula is C19H15FN4O3. The molecule has 1 heterocycles. The van der Waals surface area contributed by atoms with Crippen LogP contribution in [0.4, 0.5) is 21.5 Å². The summed E-state index contributed by atoms with van der Waals surface area (Å²) in [5.74, 6) is -0.843. The summed E-state index contributed by atoms with van der Waals surface area (Å²) in [6.07, 6.45) is 3.06. The van der Waals surface area contributed by atoms with Gasteiger partial charge in [0.15, 0.2) is 0 Å². The van der Waals surface area contributed by atoms with Crippen LogP contribution in [0.2, 0.25) is 0 Å². The van der Waals surface area contributed by atoms with Gasteiger partial charge < -0.3 is 10.6 Å². The molecule has 0 unspecified atom stereocenters. The van der Waals surface area contributed by atoms with Crippen molar-refractivity contribution in [2.45, 2.75) is 6.54 Å². The van der Waals surface area contributed by atoms with Gasteiger partial charge in [-0.05, 0) is 35.9 Å². The molecule has 0 atom stereocenters. The van der Waals surface area contributed by atoms with Crippen LogP contribution in [0.5, 0.6) is 0 Å². The largest absolute Gasteiger partial charge is 0.375 e. The second-order valence-electron chi connectivity index (χ2n) is 5.66. The molecule has 0 fully saturated rings. The molecule has 7 nitrogen and oxygen atoms in total. The van der Waals surface area contributed by atoms with Crippen LogP contribution >= 0.6 is 0 Å². The summed E-state index contributed by atoms with van der Waals surface area (Å²) in [6, 6.07) is 13.4. The van der Waals surface area contributed by atoms with Gasteiger partial charge in [0.05, 0.1) is 4.92 Å². The number of anilines is 2. The highest BCUT2D eigenvalue weighted by Gasteiger charge is 2.14. The molecule has 27 heavy (non-hydrogen) atoms. The first-order chi connectivity index (χ1) is 13.0. The van der Waals surface area contributed by atoms with E-state index < -0.39 is 10.7 Å². The number of aromatic nitrogens is 1. The van der Waals surface area contributed by atoms with Crippen molar-refractivity contribution in [2.24, 2.45) is 0 Å². The fraction of sp³-hybridized carbons (Fsp3) is 0.0526. The Labute approximate surface area is 154 Å². The normalized spacial score (nSPS) is 10.3. The van der Waals surface area contributed by atoms with Gasteiger partial charge in [0.25, 0.3) is 11.6 Å². The van der Waals surface area contributed by atoms with Crippen LogP contribution in [0.1, 0.15) is 15.9 Å². The fourth-order valence-corrected chi connectivity index (χ4v) is 2.47. The lowest BCUT2D eigenvalue weighted by atomic mass is 10.1. The summed E-state index contributed by atoms with van der Waals surface area (Å²) < 4.78 is 13.4. The maximum absolute atomic E-state index is 13.4. The third-order valence-corrected chi connectivity index (χ3v) is 3.77. The van der Waals surface area contributed by atoms with Crippen molar-refractivity contribution in [1.82, 2.24) is 4.98 Å². The lowest BCUT2D eigenvalue weighted by Gasteiger charge is -2.10. The van der Waals surface area contributed by atoms with Gasteiger partial charge >= 0.3 is 0 Å². The van der Waals surface area contributed by atoms with E-state index in [4.69, 9.17) is 0 Å². The molecule has 0 spiro atoms. The van der Waals surface area contributed by atoms with Crippen LogP contribution in [0, 0.1) is 15.9 Å². The van der Waals surface area contributed by atoms with Gasteiger partial charge in [-0.1, -0.05) is 12.1 Å². The Morgan fingerprint density at radius 1 is 1.11 bits per heavy atom. The second kappa shape index (κ2) is 8.05. The van der Waals surface area contributed by atoms with E-state index in [9.17, 15) is 19.3 Å². The first-order valence-electron chi connectivity index (χ1n) is 8.01. The van der Waals surface area contributed by atoms with Crippen LogP contribution in [-0.2, 0) is 6.54 Å². The van der Waals surface area contributed by atoms with E-state index in [0.717, 1.165) is 23.8 Å². The van der Waals surface area contributed by atoms with Gasteiger partial charge in [0.2, 0.25) is 0 Å². The van der Waals surface area contributed by atoms with Crippen molar-refractivity contribution in [3.05, 3.63) is 94.0 Å². The number of carbonyl (C=O) groups is 1. The molecule has 3 rings (SSSR count). The Balaban J connectivity index is 1.71. The summed E-state index contributed by atoms with van der Waals surface area (Å²) in [5.41, 5.74) is 1.69. The summed E-state index contributed by atoms with van der Waals surface area (Å²) >= 11 is 0. The van der Waals surface area contributed by atoms with Crippen molar-refractivity contribution in [2.75, 3.05) is 10.6 Å². The maximum Gasteiger partial charge on any atom is 0.292 e. The number of hydrogen-bond acceptors (Lipinski definition) is 5. The zero-order valence-corrected chi connectivity index (χ0v) is 14.1. The van der Waals surface area contributed by atoms with E-state index in [1.165, 1.54) is 12.4 Å². The summed E-state index contributed by atoms with van der Waals surface area (Å²) in [4.78, 5) is 26.5. The summed E-state index contributed by atoms with van der Waals surface area (Å²) in [6.45, 7) is 0.225. The van der Waals surface area contributed by atoms with E-state index in [2.05, 4.69) is 15.6 Å². The van der Waals surface area contributed by atoms with Gasteiger partial charge in [0.1, 0.15) is 11.5 Å². The smallest absolute Gasteiger partial charge is 0.292 e. The topological polar surface area (TPSA) is 97.2 Å². The number of hydrogen-bond donors (Lipinski definition) is 2. The van der Waals surface area contributed by atoms with Crippen molar-refractivity contribution >= 4 is 23.0 Å². The molecule has 0 bridgehead atoms. The molecule has 3 aromatic rings.